The summed E-state index contributed by atoms with van der Waals surface area (Å²) >= 11 is 6.11. The summed E-state index contributed by atoms with van der Waals surface area (Å²) < 4.78 is 0. The van der Waals surface area contributed by atoms with Gasteiger partial charge in [-0.25, -0.2) is 9.78 Å². The van der Waals surface area contributed by atoms with Crippen LogP contribution in [-0.4, -0.2) is 16.1 Å². The molecule has 0 aliphatic heterocycles. The number of nitrogens with zero attached hydrogens (tertiary/aromatic N) is 1. The molecule has 1 aromatic carbocycles. The monoisotopic (exact) mass is 247 g/mol. The van der Waals surface area contributed by atoms with Gasteiger partial charge in [0, 0.05) is 5.56 Å². The van der Waals surface area contributed by atoms with Gasteiger partial charge in [0.2, 0.25) is 0 Å². The number of pyridine rings is 1. The number of rotatable bonds is 2. The normalized spacial score (nSPS) is 10.2. The minimum absolute atomic E-state index is 0.0131. The summed E-state index contributed by atoms with van der Waals surface area (Å²) in [5, 5.41) is 9.44. The summed E-state index contributed by atoms with van der Waals surface area (Å²) in [5.41, 5.74) is 2.36. The van der Waals surface area contributed by atoms with Gasteiger partial charge in [-0.05, 0) is 30.7 Å². The molecule has 0 radical (unpaired) electrons. The van der Waals surface area contributed by atoms with E-state index in [2.05, 4.69) is 4.98 Å². The molecule has 1 heterocycles. The number of hydrogen-bond donors (Lipinski definition) is 1. The molecule has 0 bridgehead atoms. The number of carboxylic acids is 1. The van der Waals surface area contributed by atoms with Crippen LogP contribution < -0.4 is 0 Å². The molecule has 1 N–H and O–H groups in total. The Kier molecular flexibility index (Phi) is 3.11. The van der Waals surface area contributed by atoms with Gasteiger partial charge in [-0.15, -0.1) is 0 Å². The Hall–Kier alpha value is -1.87. The van der Waals surface area contributed by atoms with E-state index in [1.807, 2.05) is 25.1 Å². The van der Waals surface area contributed by atoms with Crippen LogP contribution in [0.4, 0.5) is 0 Å². The third-order valence-electron chi connectivity index (χ3n) is 2.37. The molecule has 0 aliphatic rings. The zero-order chi connectivity index (χ0) is 12.4. The summed E-state index contributed by atoms with van der Waals surface area (Å²) in [6.45, 7) is 1.94. The van der Waals surface area contributed by atoms with E-state index in [0.717, 1.165) is 11.1 Å². The van der Waals surface area contributed by atoms with Gasteiger partial charge in [0.25, 0.3) is 0 Å². The smallest absolute Gasteiger partial charge is 0.354 e. The van der Waals surface area contributed by atoms with E-state index in [1.165, 1.54) is 6.07 Å². The van der Waals surface area contributed by atoms with Crippen LogP contribution in [-0.2, 0) is 0 Å². The first-order chi connectivity index (χ1) is 8.08. The quantitative estimate of drug-likeness (QED) is 0.885. The van der Waals surface area contributed by atoms with E-state index in [9.17, 15) is 4.79 Å². The number of carbonyl (C=O) groups is 1. The predicted molar refractivity (Wildman–Crippen MR) is 66.4 cm³/mol. The summed E-state index contributed by atoms with van der Waals surface area (Å²) in [7, 11) is 0. The number of aromatic nitrogens is 1. The van der Waals surface area contributed by atoms with Crippen LogP contribution in [0.3, 0.4) is 0 Å². The van der Waals surface area contributed by atoms with Crippen molar-refractivity contribution in [2.45, 2.75) is 6.92 Å². The Morgan fingerprint density at radius 1 is 1.29 bits per heavy atom. The lowest BCUT2D eigenvalue weighted by Gasteiger charge is -2.05. The third-order valence-corrected chi connectivity index (χ3v) is 2.68. The van der Waals surface area contributed by atoms with Crippen molar-refractivity contribution < 1.29 is 9.90 Å². The number of benzene rings is 1. The molecule has 0 atom stereocenters. The molecule has 0 fully saturated rings. The van der Waals surface area contributed by atoms with Crippen LogP contribution in [0.25, 0.3) is 11.3 Å². The zero-order valence-corrected chi connectivity index (χ0v) is 9.90. The van der Waals surface area contributed by atoms with Crippen molar-refractivity contribution in [2.24, 2.45) is 0 Å². The molecule has 1 aromatic heterocycles. The molecule has 0 spiro atoms. The van der Waals surface area contributed by atoms with E-state index < -0.39 is 5.97 Å². The van der Waals surface area contributed by atoms with Gasteiger partial charge in [-0.1, -0.05) is 29.8 Å². The van der Waals surface area contributed by atoms with E-state index in [0.29, 0.717) is 10.7 Å². The van der Waals surface area contributed by atoms with E-state index in [-0.39, 0.29) is 5.69 Å². The maximum absolute atomic E-state index is 10.8. The Morgan fingerprint density at radius 3 is 2.71 bits per heavy atom. The van der Waals surface area contributed by atoms with Gasteiger partial charge >= 0.3 is 5.97 Å². The molecular formula is C13H10ClNO2. The van der Waals surface area contributed by atoms with Gasteiger partial charge in [0.1, 0.15) is 5.69 Å². The molecule has 0 saturated heterocycles. The average molecular weight is 248 g/mol. The van der Waals surface area contributed by atoms with Gasteiger partial charge in [0.15, 0.2) is 0 Å². The van der Waals surface area contributed by atoms with Crippen molar-refractivity contribution in [3.8, 4) is 11.3 Å². The number of carboxylic acid groups (broad SMARTS) is 1. The van der Waals surface area contributed by atoms with Crippen molar-refractivity contribution in [3.63, 3.8) is 0 Å². The summed E-state index contributed by atoms with van der Waals surface area (Å²) in [6.07, 6.45) is 0. The molecule has 0 unspecified atom stereocenters. The lowest BCUT2D eigenvalue weighted by molar-refractivity contribution is 0.0690. The molecule has 4 heteroatoms. The maximum atomic E-state index is 10.8. The molecule has 17 heavy (non-hydrogen) atoms. The van der Waals surface area contributed by atoms with Crippen molar-refractivity contribution in [2.75, 3.05) is 0 Å². The molecule has 2 aromatic rings. The molecule has 86 valence electrons. The topological polar surface area (TPSA) is 50.2 Å². The van der Waals surface area contributed by atoms with Crippen molar-refractivity contribution >= 4 is 17.6 Å². The summed E-state index contributed by atoms with van der Waals surface area (Å²) in [4.78, 5) is 14.9. The minimum atomic E-state index is -1.05. The predicted octanol–water partition coefficient (Wildman–Crippen LogP) is 3.41. The summed E-state index contributed by atoms with van der Waals surface area (Å²) in [5.74, 6) is -1.05. The maximum Gasteiger partial charge on any atom is 0.354 e. The minimum Gasteiger partial charge on any atom is -0.477 e. The SMILES string of the molecule is Cc1ccc(-c2cccc(C(=O)O)n2)c(Cl)c1. The Bertz CT molecular complexity index is 581. The van der Waals surface area contributed by atoms with Gasteiger partial charge in [0.05, 0.1) is 10.7 Å². The van der Waals surface area contributed by atoms with Gasteiger partial charge < -0.3 is 5.11 Å². The van der Waals surface area contributed by atoms with Crippen LogP contribution in [0.2, 0.25) is 5.02 Å². The van der Waals surface area contributed by atoms with Crippen LogP contribution in [0.15, 0.2) is 36.4 Å². The first-order valence-corrected chi connectivity index (χ1v) is 5.42. The molecule has 3 nitrogen and oxygen atoms in total. The number of hydrogen-bond acceptors (Lipinski definition) is 2. The molecule has 0 saturated carbocycles. The van der Waals surface area contributed by atoms with Gasteiger partial charge in [-0.2, -0.15) is 0 Å². The summed E-state index contributed by atoms with van der Waals surface area (Å²) in [6, 6.07) is 10.4. The number of aromatic carboxylic acids is 1. The highest BCUT2D eigenvalue weighted by atomic mass is 35.5. The molecule has 0 aliphatic carbocycles. The fourth-order valence-electron chi connectivity index (χ4n) is 1.53. The van der Waals surface area contributed by atoms with Crippen molar-refractivity contribution in [1.82, 2.24) is 4.98 Å². The van der Waals surface area contributed by atoms with Crippen LogP contribution in [0, 0.1) is 6.92 Å². The van der Waals surface area contributed by atoms with Gasteiger partial charge in [-0.3, -0.25) is 0 Å². The highest BCUT2D eigenvalue weighted by Gasteiger charge is 2.09. The molecule has 2 rings (SSSR count). The van der Waals surface area contributed by atoms with E-state index in [1.54, 1.807) is 12.1 Å². The third kappa shape index (κ3) is 2.45. The standard InChI is InChI=1S/C13H10ClNO2/c1-8-5-6-9(10(14)7-8)11-3-2-4-12(15-11)13(16)17/h2-7H,1H3,(H,16,17). The Morgan fingerprint density at radius 2 is 2.06 bits per heavy atom. The number of aryl methyl sites for hydroxylation is 1. The highest BCUT2D eigenvalue weighted by molar-refractivity contribution is 6.33. The average Bonchev–Trinajstić information content (AvgIpc) is 2.29. The Labute approximate surface area is 104 Å². The fourth-order valence-corrected chi connectivity index (χ4v) is 1.86. The number of halogens is 1. The second kappa shape index (κ2) is 4.55. The lowest BCUT2D eigenvalue weighted by Crippen LogP contribution is -2.00. The molecular weight excluding hydrogens is 238 g/mol. The van der Waals surface area contributed by atoms with Crippen LogP contribution >= 0.6 is 11.6 Å². The largest absolute Gasteiger partial charge is 0.477 e. The van der Waals surface area contributed by atoms with Crippen molar-refractivity contribution in [3.05, 3.63) is 52.7 Å². The highest BCUT2D eigenvalue weighted by Crippen LogP contribution is 2.27. The fraction of sp³-hybridized carbons (Fsp3) is 0.0769. The molecule has 0 amide bonds. The van der Waals surface area contributed by atoms with Crippen molar-refractivity contribution in [1.29, 1.82) is 0 Å². The van der Waals surface area contributed by atoms with E-state index >= 15 is 0 Å². The second-order valence-electron chi connectivity index (χ2n) is 3.70. The first-order valence-electron chi connectivity index (χ1n) is 5.05. The lowest BCUT2D eigenvalue weighted by atomic mass is 10.1. The second-order valence-corrected chi connectivity index (χ2v) is 4.10. The van der Waals surface area contributed by atoms with Crippen LogP contribution in [0.1, 0.15) is 16.1 Å². The Balaban J connectivity index is 2.53. The first kappa shape index (κ1) is 11.6. The van der Waals surface area contributed by atoms with E-state index in [4.69, 9.17) is 16.7 Å². The van der Waals surface area contributed by atoms with Crippen LogP contribution in [0.5, 0.6) is 0 Å². The zero-order valence-electron chi connectivity index (χ0n) is 9.14.